The second kappa shape index (κ2) is 3.48. The highest BCUT2D eigenvalue weighted by Crippen LogP contribution is 2.19. The molecule has 0 fully saturated rings. The molecule has 2 rings (SSSR count). The minimum absolute atomic E-state index is 0.933. The Morgan fingerprint density at radius 2 is 2.15 bits per heavy atom. The highest BCUT2D eigenvalue weighted by molar-refractivity contribution is 5.79. The van der Waals surface area contributed by atoms with Crippen LogP contribution in [0.2, 0.25) is 0 Å². The summed E-state index contributed by atoms with van der Waals surface area (Å²) in [4.78, 5) is 0. The van der Waals surface area contributed by atoms with Crippen molar-refractivity contribution >= 4 is 17.0 Å². The van der Waals surface area contributed by atoms with Gasteiger partial charge in [0.25, 0.3) is 0 Å². The zero-order valence-electron chi connectivity index (χ0n) is 7.66. The van der Waals surface area contributed by atoms with E-state index in [1.807, 2.05) is 24.3 Å². The minimum Gasteiger partial charge on any atom is -0.457 e. The van der Waals surface area contributed by atoms with E-state index in [0.29, 0.717) is 0 Å². The summed E-state index contributed by atoms with van der Waals surface area (Å²) < 4.78 is 5.58. The molecular weight excluding hydrogens is 160 g/mol. The average Bonchev–Trinajstić information content (AvgIpc) is 2.57. The summed E-state index contributed by atoms with van der Waals surface area (Å²) >= 11 is 0. The van der Waals surface area contributed by atoms with Gasteiger partial charge >= 0.3 is 0 Å². The predicted octanol–water partition coefficient (Wildman–Crippen LogP) is 3.86. The number of furan rings is 1. The summed E-state index contributed by atoms with van der Waals surface area (Å²) in [6.07, 6.45) is 5.15. The van der Waals surface area contributed by atoms with E-state index in [1.165, 1.54) is 5.39 Å². The van der Waals surface area contributed by atoms with Crippen LogP contribution in [0.5, 0.6) is 0 Å². The molecule has 0 aliphatic carbocycles. The van der Waals surface area contributed by atoms with E-state index in [4.69, 9.17) is 4.42 Å². The number of hydrogen-bond donors (Lipinski definition) is 0. The molecule has 1 nitrogen and oxygen atoms in total. The molecule has 1 heteroatoms. The molecule has 0 atom stereocenters. The van der Waals surface area contributed by atoms with Crippen molar-refractivity contribution in [3.63, 3.8) is 0 Å². The van der Waals surface area contributed by atoms with Gasteiger partial charge in [-0.3, -0.25) is 0 Å². The fourth-order valence-corrected chi connectivity index (χ4v) is 1.32. The lowest BCUT2D eigenvalue weighted by Crippen LogP contribution is -1.58. The van der Waals surface area contributed by atoms with E-state index in [9.17, 15) is 0 Å². The molecule has 0 aliphatic heterocycles. The quantitative estimate of drug-likeness (QED) is 0.670. The third-order valence-electron chi connectivity index (χ3n) is 1.96. The third kappa shape index (κ3) is 1.64. The molecule has 1 aromatic carbocycles. The van der Waals surface area contributed by atoms with Crippen molar-refractivity contribution in [1.29, 1.82) is 0 Å². The van der Waals surface area contributed by atoms with Gasteiger partial charge in [-0.05, 0) is 24.6 Å². The fraction of sp³-hybridized carbons (Fsp3) is 0.167. The highest BCUT2D eigenvalue weighted by atomic mass is 16.3. The molecule has 0 spiro atoms. The topological polar surface area (TPSA) is 13.1 Å². The predicted molar refractivity (Wildman–Crippen MR) is 55.5 cm³/mol. The van der Waals surface area contributed by atoms with Gasteiger partial charge in [0.15, 0.2) is 0 Å². The average molecular weight is 172 g/mol. The Labute approximate surface area is 77.7 Å². The van der Waals surface area contributed by atoms with Crippen molar-refractivity contribution < 1.29 is 4.42 Å². The monoisotopic (exact) mass is 172 g/mol. The van der Waals surface area contributed by atoms with Crippen LogP contribution >= 0.6 is 0 Å². The normalized spacial score (nSPS) is 11.5. The second-order valence-corrected chi connectivity index (χ2v) is 3.00. The first-order valence-corrected chi connectivity index (χ1v) is 4.55. The summed E-state index contributed by atoms with van der Waals surface area (Å²) in [5.41, 5.74) is 0.957. The van der Waals surface area contributed by atoms with E-state index in [-0.39, 0.29) is 0 Å². The van der Waals surface area contributed by atoms with Crippen molar-refractivity contribution in [2.75, 3.05) is 0 Å². The zero-order chi connectivity index (χ0) is 9.10. The van der Waals surface area contributed by atoms with Crippen molar-refractivity contribution in [2.45, 2.75) is 13.3 Å². The lowest BCUT2D eigenvalue weighted by atomic mass is 10.2. The van der Waals surface area contributed by atoms with Crippen LogP contribution in [0.4, 0.5) is 0 Å². The van der Waals surface area contributed by atoms with Crippen LogP contribution < -0.4 is 0 Å². The maximum absolute atomic E-state index is 5.58. The number of para-hydroxylation sites is 1. The Morgan fingerprint density at radius 3 is 2.92 bits per heavy atom. The smallest absolute Gasteiger partial charge is 0.134 e. The molecule has 0 amide bonds. The van der Waals surface area contributed by atoms with E-state index in [2.05, 4.69) is 25.1 Å². The van der Waals surface area contributed by atoms with E-state index < -0.39 is 0 Å². The molecule has 66 valence electrons. The molecule has 0 N–H and O–H groups in total. The van der Waals surface area contributed by atoms with Gasteiger partial charge in [0.1, 0.15) is 11.3 Å². The van der Waals surface area contributed by atoms with Gasteiger partial charge in [0.2, 0.25) is 0 Å². The summed E-state index contributed by atoms with van der Waals surface area (Å²) in [6, 6.07) is 10.1. The van der Waals surface area contributed by atoms with Crippen molar-refractivity contribution in [3.8, 4) is 0 Å². The highest BCUT2D eigenvalue weighted by Gasteiger charge is 1.97. The van der Waals surface area contributed by atoms with Crippen LogP contribution in [0.1, 0.15) is 19.1 Å². The molecule has 1 aromatic heterocycles. The summed E-state index contributed by atoms with van der Waals surface area (Å²) in [5, 5.41) is 1.17. The Kier molecular flexibility index (Phi) is 2.17. The van der Waals surface area contributed by atoms with Gasteiger partial charge < -0.3 is 4.42 Å². The molecule has 2 aromatic rings. The first-order valence-electron chi connectivity index (χ1n) is 4.55. The van der Waals surface area contributed by atoms with Crippen LogP contribution in [0, 0.1) is 0 Å². The number of rotatable bonds is 2. The van der Waals surface area contributed by atoms with Gasteiger partial charge in [-0.15, -0.1) is 0 Å². The SMILES string of the molecule is CCC=Cc1cc2ccccc2o1. The molecule has 0 aliphatic rings. The molecular formula is C12H12O. The van der Waals surface area contributed by atoms with Crippen LogP contribution in [0.15, 0.2) is 40.8 Å². The van der Waals surface area contributed by atoms with Gasteiger partial charge in [-0.2, -0.15) is 0 Å². The number of hydrogen-bond acceptors (Lipinski definition) is 1. The zero-order valence-corrected chi connectivity index (χ0v) is 7.66. The van der Waals surface area contributed by atoms with Crippen molar-refractivity contribution in [1.82, 2.24) is 0 Å². The van der Waals surface area contributed by atoms with Crippen LogP contribution in [0.3, 0.4) is 0 Å². The Balaban J connectivity index is 2.44. The first-order chi connectivity index (χ1) is 6.40. The van der Waals surface area contributed by atoms with E-state index >= 15 is 0 Å². The molecule has 13 heavy (non-hydrogen) atoms. The van der Waals surface area contributed by atoms with Gasteiger partial charge in [-0.25, -0.2) is 0 Å². The van der Waals surface area contributed by atoms with Gasteiger partial charge in [0, 0.05) is 5.39 Å². The molecule has 0 bridgehead atoms. The van der Waals surface area contributed by atoms with Crippen molar-refractivity contribution in [3.05, 3.63) is 42.2 Å². The van der Waals surface area contributed by atoms with Crippen LogP contribution in [-0.2, 0) is 0 Å². The summed E-state index contributed by atoms with van der Waals surface area (Å²) in [5.74, 6) is 0.933. The minimum atomic E-state index is 0.933. The second-order valence-electron chi connectivity index (χ2n) is 3.00. The third-order valence-corrected chi connectivity index (χ3v) is 1.96. The fourth-order valence-electron chi connectivity index (χ4n) is 1.32. The molecule has 0 unspecified atom stereocenters. The maximum atomic E-state index is 5.58. The number of allylic oxidation sites excluding steroid dienone is 1. The lowest BCUT2D eigenvalue weighted by molar-refractivity contribution is 0.604. The first kappa shape index (κ1) is 8.11. The van der Waals surface area contributed by atoms with Crippen LogP contribution in [-0.4, -0.2) is 0 Å². The van der Waals surface area contributed by atoms with E-state index in [0.717, 1.165) is 17.8 Å². The standard InChI is InChI=1S/C12H12O/c1-2-3-7-11-9-10-6-4-5-8-12(10)13-11/h3-9H,2H2,1H3. The van der Waals surface area contributed by atoms with Gasteiger partial charge in [0.05, 0.1) is 0 Å². The molecule has 0 saturated carbocycles. The lowest BCUT2D eigenvalue weighted by Gasteiger charge is -1.83. The van der Waals surface area contributed by atoms with Crippen LogP contribution in [0.25, 0.3) is 17.0 Å². The summed E-state index contributed by atoms with van der Waals surface area (Å²) in [6.45, 7) is 2.11. The van der Waals surface area contributed by atoms with Crippen molar-refractivity contribution in [2.24, 2.45) is 0 Å². The molecule has 0 saturated heterocycles. The van der Waals surface area contributed by atoms with E-state index in [1.54, 1.807) is 0 Å². The Bertz CT molecular complexity index is 390. The number of fused-ring (bicyclic) bond motifs is 1. The maximum Gasteiger partial charge on any atom is 0.134 e. The Hall–Kier alpha value is -1.50. The molecule has 1 heterocycles. The van der Waals surface area contributed by atoms with Gasteiger partial charge in [-0.1, -0.05) is 31.2 Å². The summed E-state index contributed by atoms with van der Waals surface area (Å²) in [7, 11) is 0. The molecule has 0 radical (unpaired) electrons. The Morgan fingerprint density at radius 1 is 1.31 bits per heavy atom. The number of benzene rings is 1. The largest absolute Gasteiger partial charge is 0.457 e.